The first-order valence-corrected chi connectivity index (χ1v) is 8.70. The summed E-state index contributed by atoms with van der Waals surface area (Å²) in [7, 11) is 0. The first-order chi connectivity index (χ1) is 13.5. The lowest BCUT2D eigenvalue weighted by molar-refractivity contribution is -0.120. The van der Waals surface area contributed by atoms with Crippen molar-refractivity contribution in [1.29, 1.82) is 0 Å². The summed E-state index contributed by atoms with van der Waals surface area (Å²) < 4.78 is 6.85. The van der Waals surface area contributed by atoms with Crippen molar-refractivity contribution in [1.82, 2.24) is 19.7 Å². The molecular weight excluding hydrogens is 360 g/mol. The van der Waals surface area contributed by atoms with Crippen molar-refractivity contribution in [2.24, 2.45) is 5.73 Å². The lowest BCUT2D eigenvalue weighted by atomic mass is 9.86. The number of carbonyl (C=O) groups excluding carboxylic acids is 2. The lowest BCUT2D eigenvalue weighted by Gasteiger charge is -2.24. The van der Waals surface area contributed by atoms with Crippen LogP contribution >= 0.6 is 0 Å². The summed E-state index contributed by atoms with van der Waals surface area (Å²) in [6.07, 6.45) is 3.55. The minimum absolute atomic E-state index is 0.108. The van der Waals surface area contributed by atoms with Gasteiger partial charge in [-0.1, -0.05) is 12.1 Å². The van der Waals surface area contributed by atoms with Gasteiger partial charge in [0.2, 0.25) is 5.91 Å². The number of nitrogens with one attached hydrogen (secondary N) is 1. The Labute approximate surface area is 160 Å². The van der Waals surface area contributed by atoms with Crippen molar-refractivity contribution in [3.05, 3.63) is 59.5 Å². The van der Waals surface area contributed by atoms with Crippen LogP contribution in [0.5, 0.6) is 5.75 Å². The van der Waals surface area contributed by atoms with E-state index in [1.165, 1.54) is 0 Å². The van der Waals surface area contributed by atoms with Gasteiger partial charge in [0.1, 0.15) is 11.6 Å². The third-order valence-electron chi connectivity index (χ3n) is 4.51. The average Bonchev–Trinajstić information content (AvgIpc) is 3.03. The van der Waals surface area contributed by atoms with Crippen LogP contribution in [-0.2, 0) is 9.59 Å². The minimum Gasteiger partial charge on any atom is -0.484 e. The standard InChI is InChI=1S/C19H18N6O3/c1-11-17-14(12-3-5-13(6-4-12)28-10-15(20)26)9-16(27)23-18(17)25(24-11)19-21-7-2-8-22-19/h2-8,14H,9-10H2,1H3,(H2,20,26)(H,23,27)/t14-/m1/s1. The van der Waals surface area contributed by atoms with Gasteiger partial charge < -0.3 is 15.8 Å². The molecule has 0 bridgehead atoms. The quantitative estimate of drug-likeness (QED) is 0.689. The summed E-state index contributed by atoms with van der Waals surface area (Å²) in [5, 5.41) is 7.44. The monoisotopic (exact) mass is 378 g/mol. The highest BCUT2D eigenvalue weighted by Gasteiger charge is 2.33. The van der Waals surface area contributed by atoms with E-state index >= 15 is 0 Å². The molecule has 0 saturated heterocycles. The number of primary amides is 1. The highest BCUT2D eigenvalue weighted by atomic mass is 16.5. The normalized spacial score (nSPS) is 15.6. The molecule has 3 N–H and O–H groups in total. The first kappa shape index (κ1) is 17.7. The molecule has 142 valence electrons. The molecule has 28 heavy (non-hydrogen) atoms. The molecule has 0 radical (unpaired) electrons. The number of fused-ring (bicyclic) bond motifs is 1. The summed E-state index contributed by atoms with van der Waals surface area (Å²) in [6, 6.07) is 8.98. The van der Waals surface area contributed by atoms with Crippen molar-refractivity contribution < 1.29 is 14.3 Å². The molecule has 0 aliphatic carbocycles. The predicted octanol–water partition coefficient (Wildman–Crippen LogP) is 1.31. The zero-order valence-electron chi connectivity index (χ0n) is 15.1. The van der Waals surface area contributed by atoms with Crippen LogP contribution in [0.15, 0.2) is 42.7 Å². The number of nitrogens with zero attached hydrogens (tertiary/aromatic N) is 4. The SMILES string of the molecule is Cc1nn(-c2ncccn2)c2c1[C@@H](c1ccc(OCC(N)=O)cc1)CC(=O)N2. The maximum absolute atomic E-state index is 12.4. The largest absolute Gasteiger partial charge is 0.484 e. The molecule has 0 saturated carbocycles. The van der Waals surface area contributed by atoms with Crippen LogP contribution < -0.4 is 15.8 Å². The zero-order valence-corrected chi connectivity index (χ0v) is 15.1. The molecule has 3 heterocycles. The number of hydrogen-bond donors (Lipinski definition) is 2. The molecule has 9 nitrogen and oxygen atoms in total. The van der Waals surface area contributed by atoms with E-state index in [-0.39, 0.29) is 18.4 Å². The van der Waals surface area contributed by atoms with Crippen LogP contribution in [0.1, 0.15) is 29.2 Å². The maximum atomic E-state index is 12.4. The van der Waals surface area contributed by atoms with Crippen LogP contribution in [0.25, 0.3) is 5.95 Å². The number of aryl methyl sites for hydroxylation is 1. The molecular formula is C19H18N6O3. The zero-order chi connectivity index (χ0) is 19.7. The Balaban J connectivity index is 1.70. The van der Waals surface area contributed by atoms with E-state index in [4.69, 9.17) is 10.5 Å². The summed E-state index contributed by atoms with van der Waals surface area (Å²) in [6.45, 7) is 1.71. The van der Waals surface area contributed by atoms with Crippen molar-refractivity contribution in [2.75, 3.05) is 11.9 Å². The highest BCUT2D eigenvalue weighted by Crippen LogP contribution is 2.40. The van der Waals surface area contributed by atoms with Gasteiger partial charge in [-0.25, -0.2) is 9.97 Å². The van der Waals surface area contributed by atoms with Crippen molar-refractivity contribution in [3.8, 4) is 11.7 Å². The number of hydrogen-bond acceptors (Lipinski definition) is 6. The summed E-state index contributed by atoms with van der Waals surface area (Å²) in [5.41, 5.74) is 7.76. The molecule has 1 aliphatic heterocycles. The second-order valence-electron chi connectivity index (χ2n) is 6.44. The van der Waals surface area contributed by atoms with E-state index < -0.39 is 5.91 Å². The Morgan fingerprint density at radius 2 is 2.00 bits per heavy atom. The van der Waals surface area contributed by atoms with Crippen LogP contribution in [0.3, 0.4) is 0 Å². The topological polar surface area (TPSA) is 125 Å². The second-order valence-corrected chi connectivity index (χ2v) is 6.44. The number of carbonyl (C=O) groups is 2. The second kappa shape index (κ2) is 7.10. The van der Waals surface area contributed by atoms with E-state index in [2.05, 4.69) is 20.4 Å². The van der Waals surface area contributed by atoms with Crippen LogP contribution in [-0.4, -0.2) is 38.2 Å². The van der Waals surface area contributed by atoms with Gasteiger partial charge >= 0.3 is 0 Å². The number of aromatic nitrogens is 4. The molecule has 1 atom stereocenters. The summed E-state index contributed by atoms with van der Waals surface area (Å²) in [4.78, 5) is 31.7. The van der Waals surface area contributed by atoms with E-state index in [1.54, 1.807) is 35.3 Å². The van der Waals surface area contributed by atoms with E-state index in [1.807, 2.05) is 19.1 Å². The van der Waals surface area contributed by atoms with Crippen LogP contribution in [0, 0.1) is 6.92 Å². The third-order valence-corrected chi connectivity index (χ3v) is 4.51. The summed E-state index contributed by atoms with van der Waals surface area (Å²) >= 11 is 0. The van der Waals surface area contributed by atoms with Gasteiger partial charge in [0.25, 0.3) is 11.9 Å². The van der Waals surface area contributed by atoms with E-state index in [0.717, 1.165) is 16.8 Å². The fraction of sp³-hybridized carbons (Fsp3) is 0.211. The minimum atomic E-state index is -0.538. The van der Waals surface area contributed by atoms with Crippen LogP contribution in [0.4, 0.5) is 5.82 Å². The number of rotatable bonds is 5. The first-order valence-electron chi connectivity index (χ1n) is 8.70. The summed E-state index contributed by atoms with van der Waals surface area (Å²) in [5.74, 6) is 0.703. The highest BCUT2D eigenvalue weighted by molar-refractivity contribution is 5.95. The van der Waals surface area contributed by atoms with Gasteiger partial charge in [0, 0.05) is 30.3 Å². The van der Waals surface area contributed by atoms with Crippen molar-refractivity contribution >= 4 is 17.6 Å². The number of amides is 2. The molecule has 1 aliphatic rings. The molecule has 3 aromatic rings. The van der Waals surface area contributed by atoms with Gasteiger partial charge in [-0.05, 0) is 30.7 Å². The van der Waals surface area contributed by atoms with Crippen molar-refractivity contribution in [2.45, 2.75) is 19.3 Å². The Hall–Kier alpha value is -3.75. The van der Waals surface area contributed by atoms with E-state index in [9.17, 15) is 9.59 Å². The molecule has 0 fully saturated rings. The molecule has 0 unspecified atom stereocenters. The molecule has 1 aromatic carbocycles. The number of nitrogens with two attached hydrogens (primary N) is 1. The average molecular weight is 378 g/mol. The van der Waals surface area contributed by atoms with Crippen molar-refractivity contribution in [3.63, 3.8) is 0 Å². The predicted molar refractivity (Wildman–Crippen MR) is 100 cm³/mol. The number of benzene rings is 1. The fourth-order valence-electron chi connectivity index (χ4n) is 3.33. The van der Waals surface area contributed by atoms with Gasteiger partial charge in [-0.3, -0.25) is 9.59 Å². The molecule has 0 spiro atoms. The molecule has 9 heteroatoms. The lowest BCUT2D eigenvalue weighted by Crippen LogP contribution is -2.25. The Bertz CT molecular complexity index is 1030. The third kappa shape index (κ3) is 3.29. The maximum Gasteiger partial charge on any atom is 0.255 e. The smallest absolute Gasteiger partial charge is 0.255 e. The number of ether oxygens (including phenoxy) is 1. The Kier molecular flexibility index (Phi) is 4.48. The van der Waals surface area contributed by atoms with Gasteiger partial charge in [-0.2, -0.15) is 9.78 Å². The van der Waals surface area contributed by atoms with Gasteiger partial charge in [-0.15, -0.1) is 0 Å². The molecule has 2 amide bonds. The van der Waals surface area contributed by atoms with Gasteiger partial charge in [0.15, 0.2) is 6.61 Å². The van der Waals surface area contributed by atoms with E-state index in [0.29, 0.717) is 23.9 Å². The fourth-order valence-corrected chi connectivity index (χ4v) is 3.33. The number of anilines is 1. The Morgan fingerprint density at radius 1 is 1.29 bits per heavy atom. The molecule has 2 aromatic heterocycles. The molecule has 4 rings (SSSR count). The van der Waals surface area contributed by atoms with Crippen LogP contribution in [0.2, 0.25) is 0 Å². The Morgan fingerprint density at radius 3 is 2.68 bits per heavy atom. The van der Waals surface area contributed by atoms with Gasteiger partial charge in [0.05, 0.1) is 5.69 Å².